The summed E-state index contributed by atoms with van der Waals surface area (Å²) in [5.74, 6) is 1.75. The number of pyridine rings is 1. The number of aromatic nitrogens is 3. The standard InChI is InChI=1S/C21H27N5O3/c1-14-6-7-17(12-22-14)21(28)25-10-8-18(13-25)26(15(2)27)11-9-19-23-20(29-24-19)16-4-3-5-16/h6-7,12,16,18H,3-5,8-11,13H2,1-2H3. The molecular formula is C21H27N5O3. The van der Waals surface area contributed by atoms with Crippen LogP contribution in [0.15, 0.2) is 22.9 Å². The van der Waals surface area contributed by atoms with Crippen LogP contribution >= 0.6 is 0 Å². The zero-order valence-corrected chi connectivity index (χ0v) is 17.0. The molecule has 2 fully saturated rings. The number of carbonyl (C=O) groups is 2. The second-order valence-corrected chi connectivity index (χ2v) is 8.02. The minimum Gasteiger partial charge on any atom is -0.339 e. The lowest BCUT2D eigenvalue weighted by Crippen LogP contribution is -2.42. The van der Waals surface area contributed by atoms with E-state index in [2.05, 4.69) is 15.1 Å². The zero-order valence-electron chi connectivity index (χ0n) is 17.0. The molecule has 0 bridgehead atoms. The molecule has 8 heteroatoms. The average molecular weight is 397 g/mol. The quantitative estimate of drug-likeness (QED) is 0.743. The molecule has 2 aromatic rings. The summed E-state index contributed by atoms with van der Waals surface area (Å²) in [5.41, 5.74) is 1.46. The van der Waals surface area contributed by atoms with E-state index in [1.54, 1.807) is 24.1 Å². The highest BCUT2D eigenvalue weighted by Gasteiger charge is 2.32. The van der Waals surface area contributed by atoms with E-state index in [4.69, 9.17) is 4.52 Å². The number of carbonyl (C=O) groups excluding carboxylic acids is 2. The van der Waals surface area contributed by atoms with E-state index in [0.29, 0.717) is 43.4 Å². The predicted molar refractivity (Wildman–Crippen MR) is 105 cm³/mol. The van der Waals surface area contributed by atoms with E-state index in [-0.39, 0.29) is 17.9 Å². The summed E-state index contributed by atoms with van der Waals surface area (Å²) in [6.45, 7) is 5.16. The number of aryl methyl sites for hydroxylation is 1. The predicted octanol–water partition coefficient (Wildman–Crippen LogP) is 2.35. The molecule has 8 nitrogen and oxygen atoms in total. The molecule has 1 aliphatic heterocycles. The topological polar surface area (TPSA) is 92.4 Å². The van der Waals surface area contributed by atoms with Crippen LogP contribution in [-0.2, 0) is 11.2 Å². The van der Waals surface area contributed by atoms with Gasteiger partial charge < -0.3 is 14.3 Å². The fourth-order valence-electron chi connectivity index (χ4n) is 3.97. The van der Waals surface area contributed by atoms with E-state index in [9.17, 15) is 9.59 Å². The van der Waals surface area contributed by atoms with Crippen molar-refractivity contribution in [2.24, 2.45) is 0 Å². The van der Waals surface area contributed by atoms with E-state index < -0.39 is 0 Å². The Balaban J connectivity index is 1.35. The molecule has 2 aromatic heterocycles. The highest BCUT2D eigenvalue weighted by atomic mass is 16.5. The van der Waals surface area contributed by atoms with Crippen LogP contribution in [0.1, 0.15) is 66.3 Å². The lowest BCUT2D eigenvalue weighted by Gasteiger charge is -2.27. The van der Waals surface area contributed by atoms with Gasteiger partial charge in [0, 0.05) is 50.8 Å². The van der Waals surface area contributed by atoms with Gasteiger partial charge in [-0.2, -0.15) is 4.98 Å². The number of nitrogens with zero attached hydrogens (tertiary/aromatic N) is 5. The van der Waals surface area contributed by atoms with Gasteiger partial charge in [-0.25, -0.2) is 0 Å². The first-order valence-corrected chi connectivity index (χ1v) is 10.3. The molecule has 1 aliphatic carbocycles. The van der Waals surface area contributed by atoms with Gasteiger partial charge in [-0.05, 0) is 38.3 Å². The van der Waals surface area contributed by atoms with Crippen molar-refractivity contribution in [3.63, 3.8) is 0 Å². The second kappa shape index (κ2) is 8.31. The molecule has 1 saturated heterocycles. The third-order valence-corrected chi connectivity index (χ3v) is 5.97. The summed E-state index contributed by atoms with van der Waals surface area (Å²) in [6, 6.07) is 3.65. The van der Waals surface area contributed by atoms with Gasteiger partial charge in [-0.15, -0.1) is 0 Å². The summed E-state index contributed by atoms with van der Waals surface area (Å²) >= 11 is 0. The maximum Gasteiger partial charge on any atom is 0.255 e. The molecule has 3 heterocycles. The van der Waals surface area contributed by atoms with E-state index in [0.717, 1.165) is 30.8 Å². The Hall–Kier alpha value is -2.77. The maximum atomic E-state index is 12.7. The largest absolute Gasteiger partial charge is 0.339 e. The number of likely N-dealkylation sites (tertiary alicyclic amines) is 1. The first-order valence-electron chi connectivity index (χ1n) is 10.3. The normalized spacial score (nSPS) is 19.2. The molecule has 0 aromatic carbocycles. The summed E-state index contributed by atoms with van der Waals surface area (Å²) in [4.78, 5) is 37.3. The molecular weight excluding hydrogens is 370 g/mol. The summed E-state index contributed by atoms with van der Waals surface area (Å²) in [5, 5.41) is 4.07. The van der Waals surface area contributed by atoms with Crippen molar-refractivity contribution in [1.29, 1.82) is 0 Å². The SMILES string of the molecule is CC(=O)N(CCc1noc(C2CCC2)n1)C1CCN(C(=O)c2ccc(C)nc2)C1. The molecule has 0 N–H and O–H groups in total. The summed E-state index contributed by atoms with van der Waals surface area (Å²) < 4.78 is 5.37. The van der Waals surface area contributed by atoms with Gasteiger partial charge in [-0.1, -0.05) is 11.6 Å². The Morgan fingerprint density at radius 3 is 2.76 bits per heavy atom. The molecule has 154 valence electrons. The van der Waals surface area contributed by atoms with Crippen molar-refractivity contribution in [1.82, 2.24) is 24.9 Å². The van der Waals surface area contributed by atoms with Gasteiger partial charge in [0.2, 0.25) is 11.8 Å². The molecule has 4 rings (SSSR count). The van der Waals surface area contributed by atoms with Crippen LogP contribution in [0.3, 0.4) is 0 Å². The molecule has 0 radical (unpaired) electrons. The fraction of sp³-hybridized carbons (Fsp3) is 0.571. The van der Waals surface area contributed by atoms with Crippen LogP contribution in [0.4, 0.5) is 0 Å². The van der Waals surface area contributed by atoms with Crippen molar-refractivity contribution in [3.05, 3.63) is 41.3 Å². The summed E-state index contributed by atoms with van der Waals surface area (Å²) in [6.07, 6.45) is 6.39. The Kier molecular flexibility index (Phi) is 5.60. The number of rotatable bonds is 6. The van der Waals surface area contributed by atoms with E-state index in [1.807, 2.05) is 17.9 Å². The monoisotopic (exact) mass is 397 g/mol. The lowest BCUT2D eigenvalue weighted by molar-refractivity contribution is -0.130. The maximum absolute atomic E-state index is 12.7. The lowest BCUT2D eigenvalue weighted by atomic mass is 9.85. The molecule has 1 saturated carbocycles. The van der Waals surface area contributed by atoms with Crippen LogP contribution in [0.5, 0.6) is 0 Å². The summed E-state index contributed by atoms with van der Waals surface area (Å²) in [7, 11) is 0. The van der Waals surface area contributed by atoms with E-state index >= 15 is 0 Å². The van der Waals surface area contributed by atoms with E-state index in [1.165, 1.54) is 6.42 Å². The Morgan fingerprint density at radius 2 is 2.10 bits per heavy atom. The van der Waals surface area contributed by atoms with Crippen LogP contribution in [0.25, 0.3) is 0 Å². The van der Waals surface area contributed by atoms with Crippen LogP contribution < -0.4 is 0 Å². The third-order valence-electron chi connectivity index (χ3n) is 5.97. The number of hydrogen-bond donors (Lipinski definition) is 0. The molecule has 1 unspecified atom stereocenters. The Bertz CT molecular complexity index is 875. The van der Waals surface area contributed by atoms with Gasteiger partial charge in [0.05, 0.1) is 11.6 Å². The van der Waals surface area contributed by atoms with Crippen LogP contribution in [0.2, 0.25) is 0 Å². The van der Waals surface area contributed by atoms with Crippen molar-refractivity contribution in [2.45, 2.75) is 57.9 Å². The molecule has 29 heavy (non-hydrogen) atoms. The Labute approximate surface area is 170 Å². The van der Waals surface area contributed by atoms with Gasteiger partial charge in [-0.3, -0.25) is 14.6 Å². The fourth-order valence-corrected chi connectivity index (χ4v) is 3.97. The van der Waals surface area contributed by atoms with Crippen molar-refractivity contribution < 1.29 is 14.1 Å². The smallest absolute Gasteiger partial charge is 0.255 e. The van der Waals surface area contributed by atoms with Gasteiger partial charge in [0.15, 0.2) is 5.82 Å². The Morgan fingerprint density at radius 1 is 1.28 bits per heavy atom. The van der Waals surface area contributed by atoms with Crippen LogP contribution in [-0.4, -0.2) is 62.4 Å². The average Bonchev–Trinajstić information content (AvgIpc) is 3.31. The van der Waals surface area contributed by atoms with Gasteiger partial charge in [0.1, 0.15) is 0 Å². The molecule has 0 spiro atoms. The highest BCUT2D eigenvalue weighted by Crippen LogP contribution is 2.35. The molecule has 1 atom stereocenters. The second-order valence-electron chi connectivity index (χ2n) is 8.02. The minimum atomic E-state index is -0.0354. The van der Waals surface area contributed by atoms with Gasteiger partial charge >= 0.3 is 0 Å². The minimum absolute atomic E-state index is 0.00372. The zero-order chi connectivity index (χ0) is 20.4. The number of amides is 2. The first kappa shape index (κ1) is 19.5. The van der Waals surface area contributed by atoms with Crippen molar-refractivity contribution in [3.8, 4) is 0 Å². The third kappa shape index (κ3) is 4.31. The highest BCUT2D eigenvalue weighted by molar-refractivity contribution is 5.94. The van der Waals surface area contributed by atoms with Gasteiger partial charge in [0.25, 0.3) is 5.91 Å². The number of hydrogen-bond acceptors (Lipinski definition) is 6. The molecule has 2 amide bonds. The first-order chi connectivity index (χ1) is 14.0. The van der Waals surface area contributed by atoms with Crippen molar-refractivity contribution >= 4 is 11.8 Å². The van der Waals surface area contributed by atoms with Crippen molar-refractivity contribution in [2.75, 3.05) is 19.6 Å². The molecule has 2 aliphatic rings. The van der Waals surface area contributed by atoms with Crippen LogP contribution in [0, 0.1) is 6.92 Å².